The van der Waals surface area contributed by atoms with Gasteiger partial charge in [-0.25, -0.2) is 0 Å². The normalized spacial score (nSPS) is 10.7. The quantitative estimate of drug-likeness (QED) is 0.922. The first-order valence-electron chi connectivity index (χ1n) is 7.04. The van der Waals surface area contributed by atoms with Crippen molar-refractivity contribution >= 4 is 5.97 Å². The summed E-state index contributed by atoms with van der Waals surface area (Å²) >= 11 is 0. The Kier molecular flexibility index (Phi) is 4.65. The van der Waals surface area contributed by atoms with Crippen LogP contribution in [0.3, 0.4) is 0 Å². The number of hydrogen-bond donors (Lipinski definition) is 1. The first kappa shape index (κ1) is 15.8. The van der Waals surface area contributed by atoms with Crippen LogP contribution in [0.25, 0.3) is 11.3 Å². The summed E-state index contributed by atoms with van der Waals surface area (Å²) in [5.41, 5.74) is 1.62. The molecule has 5 heteroatoms. The largest absolute Gasteiger partial charge is 0.497 e. The van der Waals surface area contributed by atoms with E-state index in [1.54, 1.807) is 23.8 Å². The van der Waals surface area contributed by atoms with Crippen LogP contribution in [0.1, 0.15) is 25.5 Å². The van der Waals surface area contributed by atoms with Crippen LogP contribution in [0, 0.1) is 0 Å². The van der Waals surface area contributed by atoms with Crippen LogP contribution >= 0.6 is 0 Å². The van der Waals surface area contributed by atoms with Crippen LogP contribution in [-0.2, 0) is 11.2 Å². The van der Waals surface area contributed by atoms with Crippen molar-refractivity contribution in [3.63, 3.8) is 0 Å². The average Bonchev–Trinajstić information content (AvgIpc) is 2.48. The summed E-state index contributed by atoms with van der Waals surface area (Å²) in [7, 11) is 1.59. The minimum absolute atomic E-state index is 0.0811. The fraction of sp³-hybridized carbons (Fsp3) is 0.294. The molecule has 0 saturated carbocycles. The summed E-state index contributed by atoms with van der Waals surface area (Å²) < 4.78 is 6.84. The molecule has 2 rings (SSSR count). The second kappa shape index (κ2) is 6.47. The van der Waals surface area contributed by atoms with Crippen molar-refractivity contribution in [2.24, 2.45) is 0 Å². The van der Waals surface area contributed by atoms with Crippen molar-refractivity contribution < 1.29 is 14.6 Å². The number of carboxylic acids is 1. The number of pyridine rings is 1. The van der Waals surface area contributed by atoms with Crippen molar-refractivity contribution in [1.82, 2.24) is 4.57 Å². The highest BCUT2D eigenvalue weighted by atomic mass is 16.5. The van der Waals surface area contributed by atoms with Gasteiger partial charge in [0.2, 0.25) is 0 Å². The van der Waals surface area contributed by atoms with E-state index >= 15 is 0 Å². The van der Waals surface area contributed by atoms with Crippen LogP contribution < -0.4 is 10.3 Å². The molecule has 0 atom stereocenters. The number of benzene rings is 1. The number of hydrogen-bond acceptors (Lipinski definition) is 3. The van der Waals surface area contributed by atoms with Gasteiger partial charge in [-0.1, -0.05) is 18.2 Å². The summed E-state index contributed by atoms with van der Waals surface area (Å²) in [6.45, 7) is 3.80. The Morgan fingerprint density at radius 2 is 2.00 bits per heavy atom. The van der Waals surface area contributed by atoms with Crippen LogP contribution in [0.5, 0.6) is 5.75 Å². The SMILES string of the molecule is COc1cccc(-c2ccc(CC(=O)O)c(=O)n2C(C)C)c1. The van der Waals surface area contributed by atoms with Gasteiger partial charge in [0.15, 0.2) is 0 Å². The molecular weight excluding hydrogens is 282 g/mol. The van der Waals surface area contributed by atoms with Gasteiger partial charge in [-0.3, -0.25) is 9.59 Å². The van der Waals surface area contributed by atoms with Crippen molar-refractivity contribution in [1.29, 1.82) is 0 Å². The average molecular weight is 301 g/mol. The number of carboxylic acid groups (broad SMARTS) is 1. The van der Waals surface area contributed by atoms with Gasteiger partial charge in [0, 0.05) is 17.2 Å². The molecular formula is C17H19NO4. The number of rotatable bonds is 5. The van der Waals surface area contributed by atoms with Crippen molar-refractivity contribution in [3.05, 3.63) is 52.3 Å². The van der Waals surface area contributed by atoms with Crippen molar-refractivity contribution in [2.75, 3.05) is 7.11 Å². The fourth-order valence-electron chi connectivity index (χ4n) is 2.42. The fourth-order valence-corrected chi connectivity index (χ4v) is 2.42. The molecule has 22 heavy (non-hydrogen) atoms. The number of ether oxygens (including phenoxy) is 1. The lowest BCUT2D eigenvalue weighted by Crippen LogP contribution is -2.27. The molecule has 2 aromatic rings. The Balaban J connectivity index is 2.63. The molecule has 0 radical (unpaired) electrons. The molecule has 0 bridgehead atoms. The predicted molar refractivity (Wildman–Crippen MR) is 84.4 cm³/mol. The molecule has 0 unspecified atom stereocenters. The Bertz CT molecular complexity index is 747. The van der Waals surface area contributed by atoms with Gasteiger partial charge in [0.05, 0.1) is 19.2 Å². The molecule has 1 heterocycles. The third-order valence-electron chi connectivity index (χ3n) is 3.42. The Morgan fingerprint density at radius 1 is 1.27 bits per heavy atom. The van der Waals surface area contributed by atoms with E-state index in [4.69, 9.17) is 9.84 Å². The monoisotopic (exact) mass is 301 g/mol. The van der Waals surface area contributed by atoms with Gasteiger partial charge < -0.3 is 14.4 Å². The van der Waals surface area contributed by atoms with E-state index in [0.29, 0.717) is 5.75 Å². The van der Waals surface area contributed by atoms with Crippen LogP contribution in [0.2, 0.25) is 0 Å². The molecule has 0 fully saturated rings. The lowest BCUT2D eigenvalue weighted by molar-refractivity contribution is -0.136. The second-order valence-corrected chi connectivity index (χ2v) is 5.32. The molecule has 5 nitrogen and oxygen atoms in total. The summed E-state index contributed by atoms with van der Waals surface area (Å²) in [4.78, 5) is 23.4. The zero-order chi connectivity index (χ0) is 16.3. The molecule has 1 aromatic heterocycles. The van der Waals surface area contributed by atoms with E-state index in [2.05, 4.69) is 0 Å². The zero-order valence-corrected chi connectivity index (χ0v) is 12.9. The maximum atomic E-state index is 12.6. The van der Waals surface area contributed by atoms with Crippen LogP contribution in [-0.4, -0.2) is 22.8 Å². The summed E-state index contributed by atoms with van der Waals surface area (Å²) in [6.07, 6.45) is -0.274. The lowest BCUT2D eigenvalue weighted by Gasteiger charge is -2.18. The van der Waals surface area contributed by atoms with Crippen LogP contribution in [0.15, 0.2) is 41.2 Å². The summed E-state index contributed by atoms with van der Waals surface area (Å²) in [5.74, 6) is -0.309. The number of nitrogens with zero attached hydrogens (tertiary/aromatic N) is 1. The molecule has 0 spiro atoms. The highest BCUT2D eigenvalue weighted by Crippen LogP contribution is 2.25. The minimum Gasteiger partial charge on any atom is -0.497 e. The van der Waals surface area contributed by atoms with Gasteiger partial charge in [-0.15, -0.1) is 0 Å². The van der Waals surface area contributed by atoms with E-state index in [-0.39, 0.29) is 23.6 Å². The molecule has 0 aliphatic heterocycles. The molecule has 1 aromatic carbocycles. The number of aliphatic carboxylic acids is 1. The second-order valence-electron chi connectivity index (χ2n) is 5.32. The summed E-state index contributed by atoms with van der Waals surface area (Å²) in [6, 6.07) is 10.7. The van der Waals surface area contributed by atoms with E-state index in [1.165, 1.54) is 0 Å². The van der Waals surface area contributed by atoms with Crippen molar-refractivity contribution in [2.45, 2.75) is 26.3 Å². The van der Waals surface area contributed by atoms with E-state index in [1.807, 2.05) is 38.1 Å². The highest BCUT2D eigenvalue weighted by molar-refractivity contribution is 5.70. The third kappa shape index (κ3) is 3.19. The van der Waals surface area contributed by atoms with E-state index in [0.717, 1.165) is 11.3 Å². The van der Waals surface area contributed by atoms with Crippen molar-refractivity contribution in [3.8, 4) is 17.0 Å². The lowest BCUT2D eigenvalue weighted by atomic mass is 10.1. The molecule has 0 saturated heterocycles. The molecule has 116 valence electrons. The van der Waals surface area contributed by atoms with Gasteiger partial charge in [-0.05, 0) is 32.0 Å². The Morgan fingerprint density at radius 3 is 2.59 bits per heavy atom. The number of methoxy groups -OCH3 is 1. The van der Waals surface area contributed by atoms with Gasteiger partial charge in [0.1, 0.15) is 5.75 Å². The van der Waals surface area contributed by atoms with Gasteiger partial charge in [-0.2, -0.15) is 0 Å². The molecule has 1 N–H and O–H groups in total. The maximum absolute atomic E-state index is 12.6. The zero-order valence-electron chi connectivity index (χ0n) is 12.9. The first-order valence-corrected chi connectivity index (χ1v) is 7.04. The first-order chi connectivity index (χ1) is 10.4. The topological polar surface area (TPSA) is 68.5 Å². The smallest absolute Gasteiger partial charge is 0.308 e. The summed E-state index contributed by atoms with van der Waals surface area (Å²) in [5, 5.41) is 8.91. The molecule has 0 aliphatic carbocycles. The predicted octanol–water partition coefficient (Wildman–Crippen LogP) is 2.73. The van der Waals surface area contributed by atoms with Gasteiger partial charge in [0.25, 0.3) is 5.56 Å². The Hall–Kier alpha value is -2.56. The van der Waals surface area contributed by atoms with E-state index in [9.17, 15) is 9.59 Å². The number of carbonyl (C=O) groups is 1. The number of aromatic nitrogens is 1. The third-order valence-corrected chi connectivity index (χ3v) is 3.42. The molecule has 0 aliphatic rings. The van der Waals surface area contributed by atoms with Gasteiger partial charge >= 0.3 is 5.97 Å². The van der Waals surface area contributed by atoms with Crippen LogP contribution in [0.4, 0.5) is 0 Å². The Labute approximate surface area is 128 Å². The molecule has 0 amide bonds. The highest BCUT2D eigenvalue weighted by Gasteiger charge is 2.15. The van der Waals surface area contributed by atoms with E-state index < -0.39 is 5.97 Å². The standard InChI is InChI=1S/C17H19NO4/c1-11(2)18-15(12-5-4-6-14(9-12)22-3)8-7-13(17(18)21)10-16(19)20/h4-9,11H,10H2,1-3H3,(H,19,20). The minimum atomic E-state index is -1.01. The maximum Gasteiger partial charge on any atom is 0.308 e.